The molecule has 1 aromatic carbocycles. The van der Waals surface area contributed by atoms with Crippen LogP contribution >= 0.6 is 0 Å². The normalized spacial score (nSPS) is 11.1. The van der Waals surface area contributed by atoms with Crippen molar-refractivity contribution in [2.45, 2.75) is 26.4 Å². The van der Waals surface area contributed by atoms with Crippen molar-refractivity contribution >= 4 is 5.91 Å². The minimum absolute atomic E-state index is 0.107. The molecule has 17 heavy (non-hydrogen) atoms. The molecule has 0 aliphatic heterocycles. The van der Waals surface area contributed by atoms with Crippen molar-refractivity contribution in [2.75, 3.05) is 13.6 Å². The number of nitrogens with zero attached hydrogens (tertiary/aromatic N) is 1. The van der Waals surface area contributed by atoms with E-state index in [1.165, 1.54) is 24.3 Å². The average Bonchev–Trinajstić information content (AvgIpc) is 2.30. The van der Waals surface area contributed by atoms with Gasteiger partial charge >= 0.3 is 0 Å². The molecule has 1 amide bonds. The monoisotopic (exact) mass is 239 g/mol. The summed E-state index contributed by atoms with van der Waals surface area (Å²) in [7, 11) is 1.72. The van der Waals surface area contributed by atoms with Crippen LogP contribution < -0.4 is 4.74 Å². The molecule has 1 rings (SSSR count). The van der Waals surface area contributed by atoms with E-state index in [9.17, 15) is 9.18 Å². The van der Waals surface area contributed by atoms with Crippen LogP contribution in [0.5, 0.6) is 5.75 Å². The molecule has 3 nitrogen and oxygen atoms in total. The Hall–Kier alpha value is -1.58. The van der Waals surface area contributed by atoms with E-state index >= 15 is 0 Å². The summed E-state index contributed by atoms with van der Waals surface area (Å²) < 4.78 is 18.3. The Kier molecular flexibility index (Phi) is 4.10. The standard InChI is InChI=1S/C13H18FNO2/c1-5-15(4)12(16)13(2,3)17-11-8-6-10(14)7-9-11/h6-9H,5H2,1-4H3. The Morgan fingerprint density at radius 3 is 2.35 bits per heavy atom. The van der Waals surface area contributed by atoms with Crippen LogP contribution in [0.3, 0.4) is 0 Å². The largest absolute Gasteiger partial charge is 0.478 e. The highest BCUT2D eigenvalue weighted by Crippen LogP contribution is 2.20. The lowest BCUT2D eigenvalue weighted by atomic mass is 10.1. The molecular weight excluding hydrogens is 221 g/mol. The smallest absolute Gasteiger partial charge is 0.265 e. The van der Waals surface area contributed by atoms with Gasteiger partial charge < -0.3 is 9.64 Å². The highest BCUT2D eigenvalue weighted by Gasteiger charge is 2.32. The quantitative estimate of drug-likeness (QED) is 0.807. The van der Waals surface area contributed by atoms with Gasteiger partial charge in [0, 0.05) is 13.6 Å². The zero-order valence-electron chi connectivity index (χ0n) is 10.7. The van der Waals surface area contributed by atoms with Crippen molar-refractivity contribution in [2.24, 2.45) is 0 Å². The second kappa shape index (κ2) is 5.17. The first-order valence-corrected chi connectivity index (χ1v) is 5.57. The Balaban J connectivity index is 2.78. The lowest BCUT2D eigenvalue weighted by Gasteiger charge is -2.29. The summed E-state index contributed by atoms with van der Waals surface area (Å²) >= 11 is 0. The first-order chi connectivity index (χ1) is 7.86. The molecule has 0 fully saturated rings. The van der Waals surface area contributed by atoms with Gasteiger partial charge in [-0.2, -0.15) is 0 Å². The highest BCUT2D eigenvalue weighted by atomic mass is 19.1. The van der Waals surface area contributed by atoms with E-state index in [2.05, 4.69) is 0 Å². The van der Waals surface area contributed by atoms with E-state index in [0.717, 1.165) is 0 Å². The summed E-state index contributed by atoms with van der Waals surface area (Å²) in [6, 6.07) is 5.63. The molecule has 94 valence electrons. The summed E-state index contributed by atoms with van der Waals surface area (Å²) in [5.41, 5.74) is -0.956. The van der Waals surface area contributed by atoms with Crippen LogP contribution in [0.2, 0.25) is 0 Å². The third-order valence-corrected chi connectivity index (χ3v) is 2.52. The van der Waals surface area contributed by atoms with Crippen LogP contribution in [0, 0.1) is 5.82 Å². The van der Waals surface area contributed by atoms with Gasteiger partial charge in [0.2, 0.25) is 0 Å². The molecule has 0 aliphatic carbocycles. The number of hydrogen-bond acceptors (Lipinski definition) is 2. The number of carbonyl (C=O) groups is 1. The Bertz CT molecular complexity index is 387. The SMILES string of the molecule is CCN(C)C(=O)C(C)(C)Oc1ccc(F)cc1. The number of ether oxygens (including phenoxy) is 1. The van der Waals surface area contributed by atoms with Gasteiger partial charge in [0.25, 0.3) is 5.91 Å². The zero-order valence-corrected chi connectivity index (χ0v) is 10.7. The number of carbonyl (C=O) groups excluding carboxylic acids is 1. The number of likely N-dealkylation sites (N-methyl/N-ethyl adjacent to an activating group) is 1. The lowest BCUT2D eigenvalue weighted by Crippen LogP contribution is -2.47. The minimum atomic E-state index is -0.956. The predicted molar refractivity (Wildman–Crippen MR) is 64.4 cm³/mol. The van der Waals surface area contributed by atoms with E-state index in [4.69, 9.17) is 4.74 Å². The molecule has 0 bridgehead atoms. The molecule has 0 spiro atoms. The average molecular weight is 239 g/mol. The molecule has 1 aromatic rings. The third-order valence-electron chi connectivity index (χ3n) is 2.52. The van der Waals surface area contributed by atoms with Gasteiger partial charge in [-0.3, -0.25) is 4.79 Å². The van der Waals surface area contributed by atoms with E-state index in [0.29, 0.717) is 12.3 Å². The van der Waals surface area contributed by atoms with Gasteiger partial charge in [0.15, 0.2) is 5.60 Å². The second-order valence-corrected chi connectivity index (χ2v) is 4.39. The molecule has 0 N–H and O–H groups in total. The van der Waals surface area contributed by atoms with Crippen molar-refractivity contribution in [3.8, 4) is 5.75 Å². The topological polar surface area (TPSA) is 29.5 Å². The molecule has 0 unspecified atom stereocenters. The van der Waals surface area contributed by atoms with E-state index in [-0.39, 0.29) is 11.7 Å². The maximum absolute atomic E-state index is 12.7. The van der Waals surface area contributed by atoms with Gasteiger partial charge in [-0.1, -0.05) is 0 Å². The molecule has 0 saturated heterocycles. The first kappa shape index (κ1) is 13.5. The summed E-state index contributed by atoms with van der Waals surface area (Å²) in [6.07, 6.45) is 0. The fourth-order valence-electron chi connectivity index (χ4n) is 1.44. The number of rotatable bonds is 4. The van der Waals surface area contributed by atoms with Crippen LogP contribution in [0.1, 0.15) is 20.8 Å². The maximum atomic E-state index is 12.7. The van der Waals surface area contributed by atoms with Crippen molar-refractivity contribution < 1.29 is 13.9 Å². The van der Waals surface area contributed by atoms with Gasteiger partial charge in [-0.15, -0.1) is 0 Å². The van der Waals surface area contributed by atoms with Gasteiger partial charge in [-0.25, -0.2) is 4.39 Å². The van der Waals surface area contributed by atoms with Crippen molar-refractivity contribution in [3.05, 3.63) is 30.1 Å². The zero-order chi connectivity index (χ0) is 13.1. The molecule has 0 aliphatic rings. The Labute approximate surface area is 101 Å². The first-order valence-electron chi connectivity index (χ1n) is 5.57. The van der Waals surface area contributed by atoms with Gasteiger partial charge in [0.1, 0.15) is 11.6 Å². The van der Waals surface area contributed by atoms with Crippen LogP contribution in [-0.2, 0) is 4.79 Å². The van der Waals surface area contributed by atoms with E-state index < -0.39 is 5.60 Å². The minimum Gasteiger partial charge on any atom is -0.478 e. The number of halogens is 1. The molecule has 0 aromatic heterocycles. The molecule has 0 atom stereocenters. The number of benzene rings is 1. The van der Waals surface area contributed by atoms with Crippen LogP contribution in [-0.4, -0.2) is 30.0 Å². The number of hydrogen-bond donors (Lipinski definition) is 0. The Morgan fingerprint density at radius 2 is 1.88 bits per heavy atom. The van der Waals surface area contributed by atoms with Crippen LogP contribution in [0.4, 0.5) is 4.39 Å². The summed E-state index contributed by atoms with van der Waals surface area (Å²) in [4.78, 5) is 13.6. The predicted octanol–water partition coefficient (Wildman–Crippen LogP) is 2.46. The van der Waals surface area contributed by atoms with Crippen LogP contribution in [0.15, 0.2) is 24.3 Å². The molecule has 0 radical (unpaired) electrons. The lowest BCUT2D eigenvalue weighted by molar-refractivity contribution is -0.143. The Morgan fingerprint density at radius 1 is 1.35 bits per heavy atom. The van der Waals surface area contributed by atoms with Crippen molar-refractivity contribution in [3.63, 3.8) is 0 Å². The summed E-state index contributed by atoms with van der Waals surface area (Å²) in [5.74, 6) is 0.0470. The van der Waals surface area contributed by atoms with Gasteiger partial charge in [-0.05, 0) is 45.0 Å². The summed E-state index contributed by atoms with van der Waals surface area (Å²) in [6.45, 7) is 5.91. The van der Waals surface area contributed by atoms with Crippen molar-refractivity contribution in [1.82, 2.24) is 4.90 Å². The fraction of sp³-hybridized carbons (Fsp3) is 0.462. The third kappa shape index (κ3) is 3.44. The maximum Gasteiger partial charge on any atom is 0.265 e. The molecule has 0 heterocycles. The molecule has 4 heteroatoms. The number of amides is 1. The van der Waals surface area contributed by atoms with Crippen molar-refractivity contribution in [1.29, 1.82) is 0 Å². The van der Waals surface area contributed by atoms with E-state index in [1.54, 1.807) is 25.8 Å². The fourth-order valence-corrected chi connectivity index (χ4v) is 1.44. The second-order valence-electron chi connectivity index (χ2n) is 4.39. The molecule has 0 saturated carbocycles. The summed E-state index contributed by atoms with van der Waals surface area (Å²) in [5, 5.41) is 0. The van der Waals surface area contributed by atoms with Crippen LogP contribution in [0.25, 0.3) is 0 Å². The highest BCUT2D eigenvalue weighted by molar-refractivity contribution is 5.84. The van der Waals surface area contributed by atoms with Gasteiger partial charge in [0.05, 0.1) is 0 Å². The molecular formula is C13H18FNO2. The van der Waals surface area contributed by atoms with E-state index in [1.807, 2.05) is 6.92 Å².